The topological polar surface area (TPSA) is 53.0 Å². The zero-order valence-electron chi connectivity index (χ0n) is 17.5. The van der Waals surface area contributed by atoms with Crippen LogP contribution in [-0.2, 0) is 9.53 Å². The number of carboxylic acid groups (broad SMARTS) is 1. The molecule has 1 fully saturated rings. The van der Waals surface area contributed by atoms with Crippen LogP contribution < -0.4 is 4.90 Å². The van der Waals surface area contributed by atoms with E-state index >= 15 is 0 Å². The molecule has 5 nitrogen and oxygen atoms in total. The number of nitrogens with zero attached hydrogens (tertiary/aromatic N) is 2. The van der Waals surface area contributed by atoms with Crippen LogP contribution in [-0.4, -0.2) is 55.4 Å². The number of benzene rings is 2. The van der Waals surface area contributed by atoms with Crippen LogP contribution in [0.3, 0.4) is 0 Å². The van der Waals surface area contributed by atoms with Gasteiger partial charge in [-0.2, -0.15) is 0 Å². The molecule has 0 aliphatic carbocycles. The molecule has 0 radical (unpaired) electrons. The molecule has 6 heteroatoms. The van der Waals surface area contributed by atoms with E-state index in [9.17, 15) is 9.90 Å². The Balaban J connectivity index is 0.00000320. The van der Waals surface area contributed by atoms with Gasteiger partial charge in [-0.15, -0.1) is 12.4 Å². The number of rotatable bonds is 11. The van der Waals surface area contributed by atoms with Crippen molar-refractivity contribution >= 4 is 29.8 Å². The fraction of sp³-hybridized carbons (Fsp3) is 0.458. The van der Waals surface area contributed by atoms with E-state index in [1.165, 1.54) is 11.4 Å². The van der Waals surface area contributed by atoms with Crippen molar-refractivity contribution in [2.75, 3.05) is 44.3 Å². The number of halogens is 1. The van der Waals surface area contributed by atoms with Crippen molar-refractivity contribution in [3.63, 3.8) is 0 Å². The van der Waals surface area contributed by atoms with Gasteiger partial charge in [0.15, 0.2) is 0 Å². The summed E-state index contributed by atoms with van der Waals surface area (Å²) in [5.41, 5.74) is 2.38. The molecular weight excluding hydrogens is 400 g/mol. The van der Waals surface area contributed by atoms with Crippen LogP contribution in [0.25, 0.3) is 0 Å². The Labute approximate surface area is 186 Å². The van der Waals surface area contributed by atoms with Gasteiger partial charge in [0.2, 0.25) is 0 Å². The standard InChI is InChI=1S/C24H32N2O3.ClH/c27-24(28)21-10-7-15-25(20-21)16-8-18-29-19-9-17-26(22-11-3-1-4-12-22)23-13-5-2-6-14-23;/h1-6,11-14,21H,7-10,15-20H2,(H,27,28);1H. The van der Waals surface area contributed by atoms with E-state index < -0.39 is 5.97 Å². The van der Waals surface area contributed by atoms with Gasteiger partial charge in [-0.3, -0.25) is 4.79 Å². The van der Waals surface area contributed by atoms with Crippen LogP contribution in [0.5, 0.6) is 0 Å². The predicted octanol–water partition coefficient (Wildman–Crippen LogP) is 4.84. The Morgan fingerprint density at radius 2 is 1.60 bits per heavy atom. The maximum atomic E-state index is 11.2. The smallest absolute Gasteiger partial charge is 0.307 e. The number of piperidine rings is 1. The molecule has 1 N–H and O–H groups in total. The van der Waals surface area contributed by atoms with E-state index in [0.29, 0.717) is 6.54 Å². The van der Waals surface area contributed by atoms with Crippen LogP contribution in [0.15, 0.2) is 60.7 Å². The van der Waals surface area contributed by atoms with Crippen LogP contribution in [0, 0.1) is 5.92 Å². The molecule has 30 heavy (non-hydrogen) atoms. The lowest BCUT2D eigenvalue weighted by atomic mass is 9.98. The fourth-order valence-corrected chi connectivity index (χ4v) is 3.90. The van der Waals surface area contributed by atoms with Crippen LogP contribution in [0.1, 0.15) is 25.7 Å². The van der Waals surface area contributed by atoms with Gasteiger partial charge in [0, 0.05) is 44.2 Å². The number of ether oxygens (including phenoxy) is 1. The Kier molecular flexibility index (Phi) is 10.7. The number of aliphatic carboxylic acids is 1. The lowest BCUT2D eigenvalue weighted by Crippen LogP contribution is -2.39. The summed E-state index contributed by atoms with van der Waals surface area (Å²) in [6.45, 7) is 4.97. The fourth-order valence-electron chi connectivity index (χ4n) is 3.90. The second-order valence-corrected chi connectivity index (χ2v) is 7.62. The molecule has 0 spiro atoms. The van der Waals surface area contributed by atoms with Gasteiger partial charge in [0.05, 0.1) is 5.92 Å². The van der Waals surface area contributed by atoms with Crippen molar-refractivity contribution in [3.8, 4) is 0 Å². The van der Waals surface area contributed by atoms with Crippen molar-refractivity contribution in [1.82, 2.24) is 4.90 Å². The number of hydrogen-bond donors (Lipinski definition) is 1. The lowest BCUT2D eigenvalue weighted by Gasteiger charge is -2.30. The summed E-state index contributed by atoms with van der Waals surface area (Å²) in [6.07, 6.45) is 3.69. The highest BCUT2D eigenvalue weighted by molar-refractivity contribution is 5.85. The molecule has 1 aliphatic rings. The molecule has 0 amide bonds. The minimum atomic E-state index is -0.660. The monoisotopic (exact) mass is 432 g/mol. The molecule has 0 aromatic heterocycles. The highest BCUT2D eigenvalue weighted by atomic mass is 35.5. The minimum Gasteiger partial charge on any atom is -0.481 e. The molecule has 1 heterocycles. The van der Waals surface area contributed by atoms with Crippen molar-refractivity contribution < 1.29 is 14.6 Å². The van der Waals surface area contributed by atoms with E-state index in [-0.39, 0.29) is 18.3 Å². The van der Waals surface area contributed by atoms with Gasteiger partial charge in [-0.25, -0.2) is 0 Å². The number of para-hydroxylation sites is 2. The van der Waals surface area contributed by atoms with Crippen molar-refractivity contribution in [3.05, 3.63) is 60.7 Å². The number of carboxylic acids is 1. The molecule has 1 saturated heterocycles. The number of carbonyl (C=O) groups is 1. The first kappa shape index (κ1) is 24.2. The zero-order chi connectivity index (χ0) is 20.3. The zero-order valence-corrected chi connectivity index (χ0v) is 18.3. The Morgan fingerprint density at radius 1 is 1.00 bits per heavy atom. The minimum absolute atomic E-state index is 0. The molecule has 1 atom stereocenters. The van der Waals surface area contributed by atoms with Gasteiger partial charge in [0.1, 0.15) is 0 Å². The molecule has 2 aromatic rings. The molecule has 2 aromatic carbocycles. The Hall–Kier alpha value is -2.08. The third kappa shape index (κ3) is 7.63. The van der Waals surface area contributed by atoms with E-state index in [1.54, 1.807) is 0 Å². The van der Waals surface area contributed by atoms with Gasteiger partial charge < -0.3 is 19.6 Å². The summed E-state index contributed by atoms with van der Waals surface area (Å²) in [5, 5.41) is 9.18. The van der Waals surface area contributed by atoms with Crippen LogP contribution in [0.2, 0.25) is 0 Å². The third-order valence-corrected chi connectivity index (χ3v) is 5.42. The van der Waals surface area contributed by atoms with Crippen molar-refractivity contribution in [1.29, 1.82) is 0 Å². The average molecular weight is 433 g/mol. The summed E-state index contributed by atoms with van der Waals surface area (Å²) < 4.78 is 5.85. The first-order chi connectivity index (χ1) is 14.2. The largest absolute Gasteiger partial charge is 0.481 e. The molecule has 1 aliphatic heterocycles. The second kappa shape index (κ2) is 13.3. The molecule has 3 rings (SSSR count). The van der Waals surface area contributed by atoms with E-state index in [4.69, 9.17) is 4.74 Å². The lowest BCUT2D eigenvalue weighted by molar-refractivity contribution is -0.143. The highest BCUT2D eigenvalue weighted by Gasteiger charge is 2.24. The molecule has 0 saturated carbocycles. The van der Waals surface area contributed by atoms with E-state index in [1.807, 2.05) is 12.1 Å². The SMILES string of the molecule is Cl.O=C(O)C1CCCN(CCCOCCCN(c2ccccc2)c2ccccc2)C1. The third-order valence-electron chi connectivity index (χ3n) is 5.42. The van der Waals surface area contributed by atoms with Crippen molar-refractivity contribution in [2.45, 2.75) is 25.7 Å². The highest BCUT2D eigenvalue weighted by Crippen LogP contribution is 2.24. The first-order valence-corrected chi connectivity index (χ1v) is 10.6. The molecule has 1 unspecified atom stereocenters. The van der Waals surface area contributed by atoms with Gasteiger partial charge in [0.25, 0.3) is 0 Å². The molecular formula is C24H33ClN2O3. The van der Waals surface area contributed by atoms with E-state index in [0.717, 1.165) is 58.5 Å². The number of hydrogen-bond acceptors (Lipinski definition) is 4. The maximum Gasteiger partial charge on any atom is 0.307 e. The molecule has 164 valence electrons. The van der Waals surface area contributed by atoms with Gasteiger partial charge >= 0.3 is 5.97 Å². The second-order valence-electron chi connectivity index (χ2n) is 7.62. The number of anilines is 2. The van der Waals surface area contributed by atoms with Crippen molar-refractivity contribution in [2.24, 2.45) is 5.92 Å². The quantitative estimate of drug-likeness (QED) is 0.515. The normalized spacial score (nSPS) is 16.6. The van der Waals surface area contributed by atoms with Gasteiger partial charge in [-0.05, 0) is 56.5 Å². The van der Waals surface area contributed by atoms with Crippen LogP contribution >= 0.6 is 12.4 Å². The average Bonchev–Trinajstić information content (AvgIpc) is 2.77. The molecule has 0 bridgehead atoms. The summed E-state index contributed by atoms with van der Waals surface area (Å²) >= 11 is 0. The Morgan fingerprint density at radius 3 is 2.20 bits per heavy atom. The van der Waals surface area contributed by atoms with Gasteiger partial charge in [-0.1, -0.05) is 36.4 Å². The van der Waals surface area contributed by atoms with E-state index in [2.05, 4.69) is 58.3 Å². The summed E-state index contributed by atoms with van der Waals surface area (Å²) in [6, 6.07) is 20.9. The first-order valence-electron chi connectivity index (χ1n) is 10.6. The summed E-state index contributed by atoms with van der Waals surface area (Å²) in [4.78, 5) is 15.7. The summed E-state index contributed by atoms with van der Waals surface area (Å²) in [5.74, 6) is -0.862. The summed E-state index contributed by atoms with van der Waals surface area (Å²) in [7, 11) is 0. The van der Waals surface area contributed by atoms with Crippen LogP contribution in [0.4, 0.5) is 11.4 Å². The maximum absolute atomic E-state index is 11.2. The predicted molar refractivity (Wildman–Crippen MR) is 124 cm³/mol. The Bertz CT molecular complexity index is 690. The number of likely N-dealkylation sites (tertiary alicyclic amines) is 1.